The molecule has 1 heterocycles. The van der Waals surface area contributed by atoms with Gasteiger partial charge in [0.05, 0.1) is 6.20 Å². The average molecular weight is 271 g/mol. The third kappa shape index (κ3) is 3.16. The zero-order chi connectivity index (χ0) is 13.2. The van der Waals surface area contributed by atoms with Gasteiger partial charge in [-0.2, -0.15) is 5.26 Å². The van der Waals surface area contributed by atoms with Crippen LogP contribution in [0.5, 0.6) is 0 Å². The van der Waals surface area contributed by atoms with Gasteiger partial charge in [0.2, 0.25) is 5.92 Å². The van der Waals surface area contributed by atoms with E-state index in [0.717, 1.165) is 11.7 Å². The van der Waals surface area contributed by atoms with Gasteiger partial charge in [0.15, 0.2) is 5.13 Å². The molecule has 0 N–H and O–H groups in total. The molecule has 1 saturated carbocycles. The molecule has 0 atom stereocenters. The molecule has 18 heavy (non-hydrogen) atoms. The molecule has 0 aromatic carbocycles. The van der Waals surface area contributed by atoms with Crippen molar-refractivity contribution in [3.05, 3.63) is 11.1 Å². The number of aromatic nitrogens is 1. The molecule has 98 valence electrons. The summed E-state index contributed by atoms with van der Waals surface area (Å²) in [6.45, 7) is 0.731. The number of alkyl halides is 2. The van der Waals surface area contributed by atoms with Gasteiger partial charge in [-0.1, -0.05) is 11.3 Å². The van der Waals surface area contributed by atoms with Crippen LogP contribution in [-0.2, 0) is 0 Å². The number of thiazole rings is 1. The maximum Gasteiger partial charge on any atom is 0.248 e. The Labute approximate surface area is 109 Å². The smallest absolute Gasteiger partial charge is 0.248 e. The number of rotatable bonds is 3. The Kier molecular flexibility index (Phi) is 3.81. The summed E-state index contributed by atoms with van der Waals surface area (Å²) >= 11 is 1.33. The maximum absolute atomic E-state index is 13.0. The van der Waals surface area contributed by atoms with Crippen LogP contribution in [0.3, 0.4) is 0 Å². The van der Waals surface area contributed by atoms with E-state index in [0.29, 0.717) is 23.6 Å². The summed E-state index contributed by atoms with van der Waals surface area (Å²) in [7, 11) is 1.90. The Morgan fingerprint density at radius 3 is 2.78 bits per heavy atom. The third-order valence-corrected chi connectivity index (χ3v) is 4.32. The van der Waals surface area contributed by atoms with Crippen molar-refractivity contribution in [2.45, 2.75) is 31.6 Å². The summed E-state index contributed by atoms with van der Waals surface area (Å²) in [5.41, 5.74) is 0. The highest BCUT2D eigenvalue weighted by Crippen LogP contribution is 2.36. The number of halogens is 2. The lowest BCUT2D eigenvalue weighted by Crippen LogP contribution is -2.32. The highest BCUT2D eigenvalue weighted by atomic mass is 32.1. The van der Waals surface area contributed by atoms with Crippen molar-refractivity contribution in [1.29, 1.82) is 5.26 Å². The van der Waals surface area contributed by atoms with Crippen LogP contribution < -0.4 is 4.90 Å². The molecule has 1 fully saturated rings. The summed E-state index contributed by atoms with van der Waals surface area (Å²) in [4.78, 5) is 6.69. The molecule has 1 aliphatic rings. The van der Waals surface area contributed by atoms with Gasteiger partial charge in [0, 0.05) is 26.4 Å². The van der Waals surface area contributed by atoms with Crippen LogP contribution in [-0.4, -0.2) is 24.5 Å². The zero-order valence-electron chi connectivity index (χ0n) is 10.2. The van der Waals surface area contributed by atoms with Gasteiger partial charge < -0.3 is 4.90 Å². The van der Waals surface area contributed by atoms with E-state index in [2.05, 4.69) is 4.98 Å². The minimum Gasteiger partial charge on any atom is -0.351 e. The van der Waals surface area contributed by atoms with E-state index in [1.54, 1.807) is 6.20 Å². The highest BCUT2D eigenvalue weighted by molar-refractivity contribution is 7.16. The fourth-order valence-corrected chi connectivity index (χ4v) is 2.92. The van der Waals surface area contributed by atoms with Crippen LogP contribution in [0.1, 0.15) is 30.6 Å². The second kappa shape index (κ2) is 5.19. The number of nitriles is 1. The van der Waals surface area contributed by atoms with Crippen LogP contribution in [0.2, 0.25) is 0 Å². The molecule has 1 aromatic heterocycles. The van der Waals surface area contributed by atoms with Crippen molar-refractivity contribution in [3.63, 3.8) is 0 Å². The first-order chi connectivity index (χ1) is 8.50. The van der Waals surface area contributed by atoms with E-state index in [-0.39, 0.29) is 12.8 Å². The predicted molar refractivity (Wildman–Crippen MR) is 67.0 cm³/mol. The summed E-state index contributed by atoms with van der Waals surface area (Å²) < 4.78 is 26.1. The third-order valence-electron chi connectivity index (χ3n) is 3.30. The van der Waals surface area contributed by atoms with Gasteiger partial charge in [-0.3, -0.25) is 0 Å². The largest absolute Gasteiger partial charge is 0.351 e. The first-order valence-corrected chi connectivity index (χ1v) is 6.77. The Morgan fingerprint density at radius 1 is 1.56 bits per heavy atom. The highest BCUT2D eigenvalue weighted by Gasteiger charge is 2.35. The molecule has 0 spiro atoms. The molecule has 1 aromatic rings. The Hall–Kier alpha value is -1.22. The van der Waals surface area contributed by atoms with Crippen molar-refractivity contribution in [1.82, 2.24) is 4.98 Å². The molecule has 0 aliphatic heterocycles. The molecule has 0 unspecified atom stereocenters. The summed E-state index contributed by atoms with van der Waals surface area (Å²) in [5, 5.41) is 9.51. The molecule has 2 rings (SSSR count). The number of anilines is 1. The lowest BCUT2D eigenvalue weighted by Gasteiger charge is -2.30. The minimum atomic E-state index is -2.47. The number of hydrogen-bond acceptors (Lipinski definition) is 4. The quantitative estimate of drug-likeness (QED) is 0.847. The Balaban J connectivity index is 1.88. The molecule has 3 nitrogen and oxygen atoms in total. The van der Waals surface area contributed by atoms with Gasteiger partial charge >= 0.3 is 0 Å². The lowest BCUT2D eigenvalue weighted by atomic mass is 9.86. The first-order valence-electron chi connectivity index (χ1n) is 5.95. The van der Waals surface area contributed by atoms with Gasteiger partial charge in [0.25, 0.3) is 0 Å². The standard InChI is InChI=1S/C12H15F2N3S/c1-17(11-16-7-10(6-15)18-11)8-9-2-4-12(13,14)5-3-9/h7,9H,2-5,8H2,1H3. The molecule has 0 saturated heterocycles. The van der Waals surface area contributed by atoms with Crippen molar-refractivity contribution in [2.24, 2.45) is 5.92 Å². The van der Waals surface area contributed by atoms with Crippen LogP contribution in [0.25, 0.3) is 0 Å². The van der Waals surface area contributed by atoms with Crippen molar-refractivity contribution in [2.75, 3.05) is 18.5 Å². The van der Waals surface area contributed by atoms with Crippen molar-refractivity contribution in [3.8, 4) is 6.07 Å². The molecular formula is C12H15F2N3S. The molecule has 6 heteroatoms. The van der Waals surface area contributed by atoms with Gasteiger partial charge in [0.1, 0.15) is 10.9 Å². The summed E-state index contributed by atoms with van der Waals surface area (Å²) in [5.74, 6) is -2.17. The Bertz CT molecular complexity index is 442. The topological polar surface area (TPSA) is 39.9 Å². The van der Waals surface area contributed by atoms with Crippen LogP contribution in [0, 0.1) is 17.2 Å². The van der Waals surface area contributed by atoms with Crippen LogP contribution >= 0.6 is 11.3 Å². The lowest BCUT2D eigenvalue weighted by molar-refractivity contribution is -0.0448. The Morgan fingerprint density at radius 2 is 2.22 bits per heavy atom. The molecule has 0 bridgehead atoms. The zero-order valence-corrected chi connectivity index (χ0v) is 11.0. The monoisotopic (exact) mass is 271 g/mol. The predicted octanol–water partition coefficient (Wildman–Crippen LogP) is 3.28. The molecule has 0 radical (unpaired) electrons. The van der Waals surface area contributed by atoms with E-state index in [9.17, 15) is 8.78 Å². The second-order valence-electron chi connectivity index (χ2n) is 4.80. The molecular weight excluding hydrogens is 256 g/mol. The fourth-order valence-electron chi connectivity index (χ4n) is 2.24. The minimum absolute atomic E-state index is 0.00712. The normalized spacial score (nSPS) is 19.4. The van der Waals surface area contributed by atoms with Crippen molar-refractivity contribution < 1.29 is 8.78 Å². The molecule has 0 amide bonds. The van der Waals surface area contributed by atoms with E-state index < -0.39 is 5.92 Å². The molecule has 1 aliphatic carbocycles. The number of nitrogens with zero attached hydrogens (tertiary/aromatic N) is 3. The SMILES string of the molecule is CN(CC1CCC(F)(F)CC1)c1ncc(C#N)s1. The maximum atomic E-state index is 13.0. The van der Waals surface area contributed by atoms with Gasteiger partial charge in [-0.25, -0.2) is 13.8 Å². The first kappa shape index (κ1) is 13.2. The van der Waals surface area contributed by atoms with Crippen LogP contribution in [0.15, 0.2) is 6.20 Å². The van der Waals surface area contributed by atoms with Gasteiger partial charge in [-0.15, -0.1) is 0 Å². The second-order valence-corrected chi connectivity index (χ2v) is 5.81. The van der Waals surface area contributed by atoms with E-state index in [4.69, 9.17) is 5.26 Å². The van der Waals surface area contributed by atoms with E-state index >= 15 is 0 Å². The van der Waals surface area contributed by atoms with Crippen molar-refractivity contribution >= 4 is 16.5 Å². The number of hydrogen-bond donors (Lipinski definition) is 0. The van der Waals surface area contributed by atoms with Gasteiger partial charge in [-0.05, 0) is 18.8 Å². The summed E-state index contributed by atoms with van der Waals surface area (Å²) in [6, 6.07) is 2.05. The average Bonchev–Trinajstić information content (AvgIpc) is 2.80. The van der Waals surface area contributed by atoms with E-state index in [1.807, 2.05) is 18.0 Å². The van der Waals surface area contributed by atoms with E-state index in [1.165, 1.54) is 11.3 Å². The summed E-state index contributed by atoms with van der Waals surface area (Å²) in [6.07, 6.45) is 2.66. The van der Waals surface area contributed by atoms with Crippen LogP contribution in [0.4, 0.5) is 13.9 Å². The fraction of sp³-hybridized carbons (Fsp3) is 0.667.